The first-order valence-corrected chi connectivity index (χ1v) is 17.9. The van der Waals surface area contributed by atoms with E-state index in [4.69, 9.17) is 40.2 Å². The highest BCUT2D eigenvalue weighted by Gasteiger charge is 2.59. The zero-order chi connectivity index (χ0) is 42.2. The number of carbonyl (C=O) groups excluding carboxylic acids is 1. The van der Waals surface area contributed by atoms with Gasteiger partial charge in [-0.1, -0.05) is 65.5 Å². The van der Waals surface area contributed by atoms with Crippen LogP contribution in [0, 0.1) is 46.3 Å². The summed E-state index contributed by atoms with van der Waals surface area (Å²) in [5.74, 6) is -3.32. The summed E-state index contributed by atoms with van der Waals surface area (Å²) >= 11 is 0. The fourth-order valence-electron chi connectivity index (χ4n) is 9.02. The van der Waals surface area contributed by atoms with E-state index in [1.807, 2.05) is 0 Å². The van der Waals surface area contributed by atoms with E-state index in [0.29, 0.717) is 10.8 Å². The lowest BCUT2D eigenvalue weighted by Gasteiger charge is -2.58. The topological polar surface area (TPSA) is 164 Å². The van der Waals surface area contributed by atoms with Crippen LogP contribution in [0.4, 0.5) is 39.5 Å². The Morgan fingerprint density at radius 2 is 1.26 bits per heavy atom. The number of carboxylic acids is 3. The maximum Gasteiger partial charge on any atom is 0.490 e. The number of hydrogen-bond acceptors (Lipinski definition) is 6. The van der Waals surface area contributed by atoms with Crippen LogP contribution in [0.15, 0.2) is 11.6 Å². The molecule has 3 fully saturated rings. The Hall–Kier alpha value is -3.05. The Labute approximate surface area is 309 Å². The molecule has 0 aromatic carbocycles. The number of halogens is 9. The predicted molar refractivity (Wildman–Crippen MR) is 178 cm³/mol. The molecule has 0 spiro atoms. The van der Waals surface area contributed by atoms with Crippen molar-refractivity contribution in [2.45, 2.75) is 143 Å². The van der Waals surface area contributed by atoms with Crippen LogP contribution < -0.4 is 5.73 Å². The number of aliphatic carboxylic acids is 3. The van der Waals surface area contributed by atoms with Gasteiger partial charge < -0.3 is 25.8 Å². The molecule has 0 radical (unpaired) electrons. The minimum Gasteiger partial charge on any atom is -0.475 e. The number of allylic oxidation sites excluding steroid dienone is 1. The molecular weight excluding hydrogens is 745 g/mol. The lowest BCUT2D eigenvalue weighted by atomic mass is 9.47. The Morgan fingerprint density at radius 3 is 1.69 bits per heavy atom. The fraction of sp³-hybridized carbons (Fsp3) is 0.833. The minimum absolute atomic E-state index is 0.0239. The number of carboxylic acid groups (broad SMARTS) is 3. The minimum atomic E-state index is -5.08. The van der Waals surface area contributed by atoms with Crippen molar-refractivity contribution in [3.63, 3.8) is 0 Å². The van der Waals surface area contributed by atoms with Gasteiger partial charge in [0.2, 0.25) is 0 Å². The van der Waals surface area contributed by atoms with Gasteiger partial charge in [-0.2, -0.15) is 39.5 Å². The third-order valence-electron chi connectivity index (χ3n) is 11.6. The molecule has 4 unspecified atom stereocenters. The summed E-state index contributed by atoms with van der Waals surface area (Å²) in [7, 11) is 0. The first kappa shape index (κ1) is 49.0. The summed E-state index contributed by atoms with van der Waals surface area (Å²) < 4.78 is 101. The van der Waals surface area contributed by atoms with E-state index in [1.165, 1.54) is 51.4 Å². The van der Waals surface area contributed by atoms with Gasteiger partial charge in [0.25, 0.3) is 0 Å². The Kier molecular flexibility index (Phi) is 17.4. The van der Waals surface area contributed by atoms with Gasteiger partial charge in [-0.3, -0.25) is 4.79 Å². The van der Waals surface area contributed by atoms with Crippen LogP contribution >= 0.6 is 0 Å². The van der Waals surface area contributed by atoms with Crippen molar-refractivity contribution in [1.82, 2.24) is 0 Å². The molecule has 18 heteroatoms. The molecule has 0 saturated heterocycles. The van der Waals surface area contributed by atoms with E-state index >= 15 is 0 Å². The van der Waals surface area contributed by atoms with E-state index < -0.39 is 42.5 Å². The van der Waals surface area contributed by atoms with Crippen molar-refractivity contribution in [3.05, 3.63) is 11.6 Å². The smallest absolute Gasteiger partial charge is 0.475 e. The summed E-state index contributed by atoms with van der Waals surface area (Å²) in [5.41, 5.74) is 8.18. The Bertz CT molecular complexity index is 1260. The van der Waals surface area contributed by atoms with Gasteiger partial charge in [-0.15, -0.1) is 0 Å². The van der Waals surface area contributed by atoms with Crippen molar-refractivity contribution in [3.8, 4) is 0 Å². The van der Waals surface area contributed by atoms with Crippen molar-refractivity contribution < 1.29 is 78.7 Å². The standard InChI is InChI=1S/C30H51NO2.3C2HF3O2/c1-19(2)8-7-9-20(3)25-12-13-26-24-11-10-22-18-23(33-28(32)21(4)31)14-16-29(22,5)27(24)15-17-30(25,26)6;3*3-2(4,5)1(6)7/h10,19-21,23-27H,7-9,11-18,31H2,1-6H3;3*(H,6,7)/t20-,21+,23?,24?,25-,26?,27?,29+,30-;;;/m1.../s1. The molecule has 314 valence electrons. The molecular formula is C36H54F9NO8. The summed E-state index contributed by atoms with van der Waals surface area (Å²) in [6.07, 6.45) is 1.61. The molecule has 54 heavy (non-hydrogen) atoms. The molecule has 0 amide bonds. The van der Waals surface area contributed by atoms with Crippen LogP contribution in [0.25, 0.3) is 0 Å². The van der Waals surface area contributed by atoms with Crippen molar-refractivity contribution in [1.29, 1.82) is 0 Å². The van der Waals surface area contributed by atoms with Crippen LogP contribution in [0.5, 0.6) is 0 Å². The Balaban J connectivity index is 0.000000566. The average molecular weight is 800 g/mol. The van der Waals surface area contributed by atoms with Crippen LogP contribution in [-0.4, -0.2) is 69.9 Å². The molecule has 4 aliphatic rings. The van der Waals surface area contributed by atoms with Gasteiger partial charge in [0.1, 0.15) is 12.1 Å². The second kappa shape index (κ2) is 19.2. The van der Waals surface area contributed by atoms with E-state index in [1.54, 1.807) is 12.5 Å². The lowest BCUT2D eigenvalue weighted by molar-refractivity contribution is -0.193. The summed E-state index contributed by atoms with van der Waals surface area (Å²) in [4.78, 5) is 38.7. The molecule has 5 N–H and O–H groups in total. The molecule has 0 aromatic heterocycles. The molecule has 4 rings (SSSR count). The highest BCUT2D eigenvalue weighted by molar-refractivity contribution is 5.75. The van der Waals surface area contributed by atoms with Gasteiger partial charge in [-0.05, 0) is 98.2 Å². The highest BCUT2D eigenvalue weighted by Crippen LogP contribution is 2.67. The number of ether oxygens (including phenoxy) is 1. The number of carbonyl (C=O) groups is 4. The van der Waals surface area contributed by atoms with Crippen molar-refractivity contribution >= 4 is 23.9 Å². The van der Waals surface area contributed by atoms with E-state index in [2.05, 4.69) is 40.7 Å². The summed E-state index contributed by atoms with van der Waals surface area (Å²) in [6.45, 7) is 14.2. The third-order valence-corrected chi connectivity index (χ3v) is 11.6. The average Bonchev–Trinajstić information content (AvgIpc) is 3.38. The maximum absolute atomic E-state index is 12.1. The van der Waals surface area contributed by atoms with Gasteiger partial charge in [-0.25, -0.2) is 14.4 Å². The zero-order valence-corrected chi connectivity index (χ0v) is 31.3. The number of fused-ring (bicyclic) bond motifs is 5. The highest BCUT2D eigenvalue weighted by atomic mass is 19.4. The number of esters is 1. The molecule has 3 saturated carbocycles. The predicted octanol–water partition coefficient (Wildman–Crippen LogP) is 9.19. The third kappa shape index (κ3) is 13.6. The first-order chi connectivity index (χ1) is 24.4. The molecule has 4 aliphatic carbocycles. The lowest BCUT2D eigenvalue weighted by Crippen LogP contribution is -2.51. The van der Waals surface area contributed by atoms with Crippen molar-refractivity contribution in [2.75, 3.05) is 0 Å². The van der Waals surface area contributed by atoms with E-state index in [0.717, 1.165) is 54.8 Å². The van der Waals surface area contributed by atoms with Gasteiger partial charge in [0.15, 0.2) is 0 Å². The van der Waals surface area contributed by atoms with Crippen LogP contribution in [0.2, 0.25) is 0 Å². The molecule has 9 nitrogen and oxygen atoms in total. The van der Waals surface area contributed by atoms with Gasteiger partial charge in [0.05, 0.1) is 0 Å². The largest absolute Gasteiger partial charge is 0.490 e. The SMILES string of the molecule is CC(C)CCC[C@@H](C)[C@H]1CCC2C3CC=C4CC(OC(=O)[C@H](C)N)CC[C@]4(C)C3CC[C@@]21C.O=C(O)C(F)(F)F.O=C(O)C(F)(F)F.O=C(O)C(F)(F)F. The van der Waals surface area contributed by atoms with Gasteiger partial charge >= 0.3 is 42.4 Å². The van der Waals surface area contributed by atoms with E-state index in [9.17, 15) is 44.3 Å². The number of nitrogens with two attached hydrogens (primary N) is 1. The first-order valence-electron chi connectivity index (χ1n) is 17.9. The molecule has 0 aliphatic heterocycles. The second-order valence-corrected chi connectivity index (χ2v) is 15.8. The molecule has 0 aromatic rings. The summed E-state index contributed by atoms with van der Waals surface area (Å²) in [5, 5.41) is 21.4. The van der Waals surface area contributed by atoms with Crippen LogP contribution in [0.3, 0.4) is 0 Å². The number of alkyl halides is 9. The van der Waals surface area contributed by atoms with Gasteiger partial charge in [0, 0.05) is 6.42 Å². The number of hydrogen-bond donors (Lipinski definition) is 4. The maximum atomic E-state index is 12.1. The fourth-order valence-corrected chi connectivity index (χ4v) is 9.02. The second-order valence-electron chi connectivity index (χ2n) is 15.8. The van der Waals surface area contributed by atoms with E-state index in [-0.39, 0.29) is 12.1 Å². The molecule has 9 atom stereocenters. The normalized spacial score (nSPS) is 30.1. The van der Waals surface area contributed by atoms with Crippen LogP contribution in [0.1, 0.15) is 112 Å². The quantitative estimate of drug-likeness (QED) is 0.112. The van der Waals surface area contributed by atoms with Crippen molar-refractivity contribution in [2.24, 2.45) is 52.1 Å². The zero-order valence-electron chi connectivity index (χ0n) is 31.3. The molecule has 0 heterocycles. The summed E-state index contributed by atoms with van der Waals surface area (Å²) in [6, 6.07) is -0.526. The monoisotopic (exact) mass is 799 g/mol. The molecule has 0 bridgehead atoms. The van der Waals surface area contributed by atoms with Crippen LogP contribution in [-0.2, 0) is 23.9 Å². The number of rotatable bonds is 7. The Morgan fingerprint density at radius 1 is 0.778 bits per heavy atom.